The van der Waals surface area contributed by atoms with Crippen molar-refractivity contribution < 1.29 is 29.4 Å². The summed E-state index contributed by atoms with van der Waals surface area (Å²) in [5, 5.41) is 23.6. The van der Waals surface area contributed by atoms with E-state index in [0.717, 1.165) is 19.4 Å². The van der Waals surface area contributed by atoms with Crippen LogP contribution in [0.2, 0.25) is 0 Å². The predicted octanol–water partition coefficient (Wildman–Crippen LogP) is -1.50. The summed E-state index contributed by atoms with van der Waals surface area (Å²) in [6.07, 6.45) is 2.15. The van der Waals surface area contributed by atoms with Crippen molar-refractivity contribution in [1.82, 2.24) is 0 Å². The number of Topliss-reactive ketones (excluding diaryl/α,β-unsaturated/α-hetero) is 1. The van der Waals surface area contributed by atoms with E-state index in [1.165, 1.54) is 4.90 Å². The molecule has 2 N–H and O–H groups in total. The summed E-state index contributed by atoms with van der Waals surface area (Å²) in [6, 6.07) is 0.0230. The topological polar surface area (TPSA) is 83.3 Å². The second-order valence-corrected chi connectivity index (χ2v) is 9.34. The fraction of sp³-hybridized carbons (Fsp3) is 0.947. The third kappa shape index (κ3) is 2.00. The van der Waals surface area contributed by atoms with Crippen LogP contribution >= 0.6 is 0 Å². The van der Waals surface area contributed by atoms with Crippen LogP contribution in [-0.2, 0) is 14.3 Å². The lowest BCUT2D eigenvalue weighted by molar-refractivity contribution is -0.910. The van der Waals surface area contributed by atoms with Crippen LogP contribution in [0.15, 0.2) is 0 Å². The monoisotopic (exact) mass is 351 g/mol. The Morgan fingerprint density at radius 3 is 2.96 bits per heavy atom. The molecule has 10 atom stereocenters. The molecule has 0 aromatic heterocycles. The number of quaternary nitrogens is 1. The smallest absolute Gasteiger partial charge is 0.194 e. The maximum Gasteiger partial charge on any atom is 0.194 e. The van der Waals surface area contributed by atoms with Crippen LogP contribution in [0.5, 0.6) is 0 Å². The molecule has 5 rings (SSSR count). The Balaban J connectivity index is 1.63. The number of rotatable bonds is 1. The molecule has 2 heterocycles. The van der Waals surface area contributed by atoms with Gasteiger partial charge < -0.3 is 24.6 Å². The number of fused-ring (bicyclic) bond motifs is 1. The molecular formula is C19H29NO5. The van der Waals surface area contributed by atoms with E-state index in [4.69, 9.17) is 9.47 Å². The number of hydrogen-bond acceptors (Lipinski definition) is 5. The number of carbonyl (C=O) groups excluding carboxylic acids is 1. The zero-order valence-electron chi connectivity index (χ0n) is 15.1. The SMILES string of the molecule is CO[C@@]12C[C@@]3(CC[C@@H]1O)CC(=O)C1C4C(CC[NH+]1C)CC([O-])C(O2)C43. The van der Waals surface area contributed by atoms with Gasteiger partial charge in [0.1, 0.15) is 12.1 Å². The van der Waals surface area contributed by atoms with Gasteiger partial charge >= 0.3 is 0 Å². The van der Waals surface area contributed by atoms with Crippen LogP contribution in [0, 0.1) is 23.2 Å². The number of aliphatic hydroxyl groups excluding tert-OH is 1. The van der Waals surface area contributed by atoms with E-state index in [9.17, 15) is 15.0 Å². The number of likely N-dealkylation sites (N-methyl/N-ethyl adjacent to an activating group) is 1. The normalized spacial score (nSPS) is 60.1. The van der Waals surface area contributed by atoms with Crippen LogP contribution in [0.25, 0.3) is 0 Å². The first kappa shape index (κ1) is 16.6. The highest BCUT2D eigenvalue weighted by Gasteiger charge is 2.70. The summed E-state index contributed by atoms with van der Waals surface area (Å²) in [5.74, 6) is 0.00631. The Bertz CT molecular complexity index is 598. The highest BCUT2D eigenvalue weighted by molar-refractivity contribution is 5.85. The highest BCUT2D eigenvalue weighted by atomic mass is 16.7. The van der Waals surface area contributed by atoms with E-state index in [0.29, 0.717) is 37.4 Å². The average molecular weight is 351 g/mol. The van der Waals surface area contributed by atoms with Crippen molar-refractivity contribution in [3.63, 3.8) is 0 Å². The quantitative estimate of drug-likeness (QED) is 0.601. The van der Waals surface area contributed by atoms with Crippen molar-refractivity contribution in [3.05, 3.63) is 0 Å². The fourth-order valence-corrected chi connectivity index (χ4v) is 7.37. The van der Waals surface area contributed by atoms with Gasteiger partial charge in [-0.3, -0.25) is 4.79 Å². The number of ketones is 1. The van der Waals surface area contributed by atoms with E-state index in [2.05, 4.69) is 7.05 Å². The van der Waals surface area contributed by atoms with Crippen LogP contribution in [-0.4, -0.2) is 61.7 Å². The largest absolute Gasteiger partial charge is 0.850 e. The van der Waals surface area contributed by atoms with Crippen molar-refractivity contribution in [2.45, 2.75) is 68.7 Å². The summed E-state index contributed by atoms with van der Waals surface area (Å²) in [4.78, 5) is 14.5. The number of hydrogen-bond donors (Lipinski definition) is 2. The first-order chi connectivity index (χ1) is 11.9. The van der Waals surface area contributed by atoms with Crippen LogP contribution in [0.3, 0.4) is 0 Å². The Kier molecular flexibility index (Phi) is 3.50. The lowest BCUT2D eigenvalue weighted by Gasteiger charge is -2.69. The molecule has 6 nitrogen and oxygen atoms in total. The third-order valence-electron chi connectivity index (χ3n) is 8.32. The minimum absolute atomic E-state index is 0.0230. The maximum absolute atomic E-state index is 13.2. The lowest BCUT2D eigenvalue weighted by Crippen LogP contribution is -3.17. The van der Waals surface area contributed by atoms with Gasteiger partial charge in [0.15, 0.2) is 11.6 Å². The van der Waals surface area contributed by atoms with E-state index >= 15 is 0 Å². The second-order valence-electron chi connectivity index (χ2n) is 9.34. The molecule has 0 amide bonds. The van der Waals surface area contributed by atoms with Gasteiger partial charge in [-0.1, -0.05) is 12.5 Å². The van der Waals surface area contributed by atoms with Crippen molar-refractivity contribution in [1.29, 1.82) is 0 Å². The van der Waals surface area contributed by atoms with Gasteiger partial charge in [-0.15, -0.1) is 0 Å². The molecule has 1 spiro atoms. The van der Waals surface area contributed by atoms with Gasteiger partial charge in [0.25, 0.3) is 0 Å². The van der Waals surface area contributed by atoms with Crippen molar-refractivity contribution >= 4 is 5.78 Å². The number of nitrogens with one attached hydrogen (secondary N) is 1. The molecule has 2 aliphatic heterocycles. The predicted molar refractivity (Wildman–Crippen MR) is 85.6 cm³/mol. The molecule has 6 heteroatoms. The molecule has 3 aliphatic carbocycles. The van der Waals surface area contributed by atoms with E-state index in [-0.39, 0.29) is 23.3 Å². The number of aliphatic hydroxyl groups is 1. The average Bonchev–Trinajstić information content (AvgIpc) is 2.59. The molecule has 7 unspecified atom stereocenters. The summed E-state index contributed by atoms with van der Waals surface area (Å²) in [5.41, 5.74) is -0.227. The zero-order valence-corrected chi connectivity index (χ0v) is 15.1. The zero-order chi connectivity index (χ0) is 17.6. The number of likely N-dealkylation sites (tertiary alicyclic amines) is 1. The van der Waals surface area contributed by atoms with E-state index in [1.54, 1.807) is 7.11 Å². The number of piperidine rings is 1. The number of carbonyl (C=O) groups is 1. The van der Waals surface area contributed by atoms with E-state index in [1.807, 2.05) is 0 Å². The van der Waals surface area contributed by atoms with Crippen LogP contribution < -0.4 is 10.0 Å². The molecule has 0 aromatic carbocycles. The Morgan fingerprint density at radius 1 is 1.40 bits per heavy atom. The third-order valence-corrected chi connectivity index (χ3v) is 8.32. The molecule has 2 bridgehead atoms. The number of ether oxygens (including phenoxy) is 2. The standard InChI is InChI=1S/C19H28NO5/c1-20-6-4-10-7-11(21)17-15-14(10)16(20)12(22)8-18(15)5-3-13(23)19(9-18,24-2)25-17/h10-11,13-17,23H,3-9H2,1-2H3/q-1/p+1/t10?,11?,13-,14?,15?,16?,17?,18+,19+/m0/s1. The summed E-state index contributed by atoms with van der Waals surface area (Å²) >= 11 is 0. The second kappa shape index (κ2) is 5.26. The molecule has 0 radical (unpaired) electrons. The van der Waals surface area contributed by atoms with Gasteiger partial charge in [0.2, 0.25) is 0 Å². The van der Waals surface area contributed by atoms with Gasteiger partial charge in [-0.2, -0.15) is 0 Å². The van der Waals surface area contributed by atoms with Crippen LogP contribution in [0.4, 0.5) is 0 Å². The molecule has 5 fully saturated rings. The first-order valence-corrected chi connectivity index (χ1v) is 9.83. The first-order valence-electron chi connectivity index (χ1n) is 9.83. The Hall–Kier alpha value is -0.530. The summed E-state index contributed by atoms with van der Waals surface area (Å²) in [6.45, 7) is 0.982. The maximum atomic E-state index is 13.2. The molecule has 140 valence electrons. The van der Waals surface area contributed by atoms with Crippen molar-refractivity contribution in [2.24, 2.45) is 23.2 Å². The minimum Gasteiger partial charge on any atom is -0.850 e. The molecule has 2 saturated heterocycles. The molecule has 3 saturated carbocycles. The van der Waals surface area contributed by atoms with Crippen LogP contribution in [0.1, 0.15) is 38.5 Å². The summed E-state index contributed by atoms with van der Waals surface area (Å²) in [7, 11) is 3.68. The van der Waals surface area contributed by atoms with Crippen molar-refractivity contribution in [2.75, 3.05) is 20.7 Å². The molecular weight excluding hydrogens is 322 g/mol. The Labute approximate surface area is 148 Å². The Morgan fingerprint density at radius 2 is 2.20 bits per heavy atom. The van der Waals surface area contributed by atoms with E-state index < -0.39 is 24.1 Å². The van der Waals surface area contributed by atoms with Gasteiger partial charge in [-0.25, -0.2) is 0 Å². The van der Waals surface area contributed by atoms with Crippen molar-refractivity contribution in [3.8, 4) is 0 Å². The lowest BCUT2D eigenvalue weighted by atomic mass is 9.45. The molecule has 5 aliphatic rings. The van der Waals surface area contributed by atoms with Gasteiger partial charge in [0, 0.05) is 25.9 Å². The highest BCUT2D eigenvalue weighted by Crippen LogP contribution is 2.64. The van der Waals surface area contributed by atoms with Gasteiger partial charge in [-0.05, 0) is 36.5 Å². The van der Waals surface area contributed by atoms with Gasteiger partial charge in [0.05, 0.1) is 19.7 Å². The molecule has 0 aromatic rings. The summed E-state index contributed by atoms with van der Waals surface area (Å²) < 4.78 is 12.0. The molecule has 25 heavy (non-hydrogen) atoms. The fourth-order valence-electron chi connectivity index (χ4n) is 7.37. The minimum atomic E-state index is -1.10. The number of methoxy groups -OCH3 is 1.